The van der Waals surface area contributed by atoms with Crippen molar-refractivity contribution >= 4 is 5.65 Å². The summed E-state index contributed by atoms with van der Waals surface area (Å²) in [7, 11) is 0. The molecule has 2 aromatic rings. The zero-order valence-corrected chi connectivity index (χ0v) is 11.3. The first-order valence-corrected chi connectivity index (χ1v) is 6.30. The number of aryl methyl sites for hydroxylation is 1. The molecule has 0 spiro atoms. The van der Waals surface area contributed by atoms with Crippen LogP contribution in [-0.2, 0) is 6.54 Å². The fraction of sp³-hybridized carbons (Fsp3) is 0.500. The molecule has 0 unspecified atom stereocenters. The van der Waals surface area contributed by atoms with E-state index < -0.39 is 0 Å². The summed E-state index contributed by atoms with van der Waals surface area (Å²) in [6, 6.07) is 4.15. The topological polar surface area (TPSA) is 49.6 Å². The predicted octanol–water partition coefficient (Wildman–Crippen LogP) is 1.89. The van der Waals surface area contributed by atoms with Gasteiger partial charge in [-0.2, -0.15) is 0 Å². The molecule has 0 aliphatic carbocycles. The van der Waals surface area contributed by atoms with Crippen LogP contribution in [0.3, 0.4) is 0 Å². The molecule has 0 aliphatic rings. The highest BCUT2D eigenvalue weighted by atomic mass is 16.3. The molecule has 0 saturated carbocycles. The summed E-state index contributed by atoms with van der Waals surface area (Å²) in [4.78, 5) is 4.40. The van der Waals surface area contributed by atoms with E-state index in [1.165, 1.54) is 5.56 Å². The minimum atomic E-state index is -0.0659. The zero-order chi connectivity index (χ0) is 13.2. The number of nitrogens with one attached hydrogen (secondary N) is 1. The van der Waals surface area contributed by atoms with E-state index in [-0.39, 0.29) is 12.1 Å². The Bertz CT molecular complexity index is 531. The van der Waals surface area contributed by atoms with Crippen molar-refractivity contribution in [1.29, 1.82) is 0 Å². The van der Waals surface area contributed by atoms with Crippen LogP contribution in [0.5, 0.6) is 0 Å². The van der Waals surface area contributed by atoms with Gasteiger partial charge in [0.05, 0.1) is 11.9 Å². The fourth-order valence-corrected chi connectivity index (χ4v) is 1.96. The van der Waals surface area contributed by atoms with Gasteiger partial charge in [0.15, 0.2) is 0 Å². The summed E-state index contributed by atoms with van der Waals surface area (Å²) in [5.41, 5.74) is 3.26. The van der Waals surface area contributed by atoms with Gasteiger partial charge < -0.3 is 14.8 Å². The van der Waals surface area contributed by atoms with Gasteiger partial charge in [0, 0.05) is 24.9 Å². The van der Waals surface area contributed by atoms with Crippen LogP contribution in [0.15, 0.2) is 24.5 Å². The van der Waals surface area contributed by atoms with Crippen LogP contribution in [0.25, 0.3) is 5.65 Å². The van der Waals surface area contributed by atoms with Crippen molar-refractivity contribution in [3.8, 4) is 0 Å². The van der Waals surface area contributed by atoms with Gasteiger partial charge in [-0.1, -0.05) is 0 Å². The minimum absolute atomic E-state index is 0.0659. The standard InChI is InChI=1S/C14H21N3O/c1-11-4-6-17-12(9-15-13(17)8-11)10-16-14(2,3)5-7-18/h4,6,8-9,16,18H,5,7,10H2,1-3H3. The van der Waals surface area contributed by atoms with E-state index in [1.807, 2.05) is 12.4 Å². The Morgan fingerprint density at radius 1 is 1.44 bits per heavy atom. The lowest BCUT2D eigenvalue weighted by atomic mass is 10.0. The van der Waals surface area contributed by atoms with Gasteiger partial charge in [-0.05, 0) is 44.9 Å². The first kappa shape index (κ1) is 13.1. The number of aliphatic hydroxyl groups excluding tert-OH is 1. The highest BCUT2D eigenvalue weighted by Crippen LogP contribution is 2.12. The summed E-state index contributed by atoms with van der Waals surface area (Å²) >= 11 is 0. The molecular weight excluding hydrogens is 226 g/mol. The molecule has 0 atom stereocenters. The first-order valence-electron chi connectivity index (χ1n) is 6.30. The average Bonchev–Trinajstić information content (AvgIpc) is 2.68. The van der Waals surface area contributed by atoms with Crippen molar-refractivity contribution in [2.24, 2.45) is 0 Å². The minimum Gasteiger partial charge on any atom is -0.396 e. The van der Waals surface area contributed by atoms with Crippen molar-refractivity contribution in [3.05, 3.63) is 35.8 Å². The molecule has 0 amide bonds. The maximum absolute atomic E-state index is 9.00. The molecule has 4 nitrogen and oxygen atoms in total. The van der Waals surface area contributed by atoms with Crippen LogP contribution < -0.4 is 5.32 Å². The molecule has 0 fully saturated rings. The van der Waals surface area contributed by atoms with Crippen molar-refractivity contribution < 1.29 is 5.11 Å². The van der Waals surface area contributed by atoms with Crippen LogP contribution in [-0.4, -0.2) is 26.6 Å². The van der Waals surface area contributed by atoms with Crippen molar-refractivity contribution in [2.45, 2.75) is 39.3 Å². The zero-order valence-electron chi connectivity index (χ0n) is 11.3. The van der Waals surface area contributed by atoms with Crippen LogP contribution in [0, 0.1) is 6.92 Å². The van der Waals surface area contributed by atoms with Gasteiger partial charge in [-0.3, -0.25) is 0 Å². The molecule has 0 bridgehead atoms. The Hall–Kier alpha value is -1.39. The molecule has 2 aromatic heterocycles. The largest absolute Gasteiger partial charge is 0.396 e. The van der Waals surface area contributed by atoms with Gasteiger partial charge in [0.2, 0.25) is 0 Å². The quantitative estimate of drug-likeness (QED) is 0.848. The number of imidazole rings is 1. The molecule has 0 aromatic carbocycles. The number of hydrogen-bond donors (Lipinski definition) is 2. The number of nitrogens with zero attached hydrogens (tertiary/aromatic N) is 2. The highest BCUT2D eigenvalue weighted by Gasteiger charge is 2.16. The van der Waals surface area contributed by atoms with Gasteiger partial charge in [0.1, 0.15) is 5.65 Å². The number of hydrogen-bond acceptors (Lipinski definition) is 3. The highest BCUT2D eigenvalue weighted by molar-refractivity contribution is 5.42. The molecule has 98 valence electrons. The van der Waals surface area contributed by atoms with Crippen LogP contribution >= 0.6 is 0 Å². The molecular formula is C14H21N3O. The van der Waals surface area contributed by atoms with Gasteiger partial charge in [0.25, 0.3) is 0 Å². The maximum atomic E-state index is 9.00. The molecule has 18 heavy (non-hydrogen) atoms. The lowest BCUT2D eigenvalue weighted by Crippen LogP contribution is -2.39. The molecule has 0 aliphatic heterocycles. The number of rotatable bonds is 5. The third kappa shape index (κ3) is 2.89. The van der Waals surface area contributed by atoms with Crippen LogP contribution in [0.2, 0.25) is 0 Å². The molecule has 2 N–H and O–H groups in total. The van der Waals surface area contributed by atoms with E-state index in [2.05, 4.69) is 47.6 Å². The van der Waals surface area contributed by atoms with E-state index in [0.717, 1.165) is 24.3 Å². The summed E-state index contributed by atoms with van der Waals surface area (Å²) in [6.45, 7) is 7.20. The van der Waals surface area contributed by atoms with Gasteiger partial charge >= 0.3 is 0 Å². The Morgan fingerprint density at radius 2 is 2.22 bits per heavy atom. The number of aromatic nitrogens is 2. The summed E-state index contributed by atoms with van der Waals surface area (Å²) in [5, 5.41) is 12.5. The normalized spacial score (nSPS) is 12.2. The maximum Gasteiger partial charge on any atom is 0.137 e. The lowest BCUT2D eigenvalue weighted by Gasteiger charge is -2.25. The van der Waals surface area contributed by atoms with Gasteiger partial charge in [-0.25, -0.2) is 4.98 Å². The average molecular weight is 247 g/mol. The Balaban J connectivity index is 2.13. The van der Waals surface area contributed by atoms with E-state index in [9.17, 15) is 0 Å². The number of fused-ring (bicyclic) bond motifs is 1. The summed E-state index contributed by atoms with van der Waals surface area (Å²) < 4.78 is 2.09. The second-order valence-electron chi connectivity index (χ2n) is 5.39. The van der Waals surface area contributed by atoms with Crippen molar-refractivity contribution in [3.63, 3.8) is 0 Å². The molecule has 0 radical (unpaired) electrons. The van der Waals surface area contributed by atoms with Crippen LogP contribution in [0.1, 0.15) is 31.5 Å². The number of aliphatic hydroxyl groups is 1. The second kappa shape index (κ2) is 5.08. The smallest absolute Gasteiger partial charge is 0.137 e. The summed E-state index contributed by atoms with van der Waals surface area (Å²) in [6.07, 6.45) is 4.69. The first-order chi connectivity index (χ1) is 8.52. The van der Waals surface area contributed by atoms with Crippen LogP contribution in [0.4, 0.5) is 0 Å². The predicted molar refractivity (Wildman–Crippen MR) is 72.6 cm³/mol. The Morgan fingerprint density at radius 3 is 2.94 bits per heavy atom. The lowest BCUT2D eigenvalue weighted by molar-refractivity contribution is 0.229. The fourth-order valence-electron chi connectivity index (χ4n) is 1.96. The molecule has 0 saturated heterocycles. The Kier molecular flexibility index (Phi) is 3.68. The number of pyridine rings is 1. The Labute approximate surface area is 108 Å². The van der Waals surface area contributed by atoms with Crippen molar-refractivity contribution in [2.75, 3.05) is 6.61 Å². The van der Waals surface area contributed by atoms with E-state index in [1.54, 1.807) is 0 Å². The molecule has 4 heteroatoms. The second-order valence-corrected chi connectivity index (χ2v) is 5.39. The third-order valence-electron chi connectivity index (χ3n) is 3.23. The summed E-state index contributed by atoms with van der Waals surface area (Å²) in [5.74, 6) is 0. The monoisotopic (exact) mass is 247 g/mol. The SMILES string of the molecule is Cc1ccn2c(CNC(C)(C)CCO)cnc2c1. The van der Waals surface area contributed by atoms with E-state index in [4.69, 9.17) is 5.11 Å². The van der Waals surface area contributed by atoms with Gasteiger partial charge in [-0.15, -0.1) is 0 Å². The van der Waals surface area contributed by atoms with E-state index in [0.29, 0.717) is 0 Å². The van der Waals surface area contributed by atoms with E-state index >= 15 is 0 Å². The third-order valence-corrected chi connectivity index (χ3v) is 3.23. The van der Waals surface area contributed by atoms with Crippen molar-refractivity contribution in [1.82, 2.24) is 14.7 Å². The molecule has 2 heterocycles. The molecule has 2 rings (SSSR count).